The van der Waals surface area contributed by atoms with Crippen LogP contribution in [0.4, 0.5) is 0 Å². The van der Waals surface area contributed by atoms with Gasteiger partial charge in [-0.25, -0.2) is 0 Å². The van der Waals surface area contributed by atoms with Crippen molar-refractivity contribution in [1.82, 2.24) is 5.32 Å². The Balaban J connectivity index is 0.00000441. The van der Waals surface area contributed by atoms with E-state index in [4.69, 9.17) is 10.5 Å². The van der Waals surface area contributed by atoms with Crippen LogP contribution in [0.25, 0.3) is 0 Å². The van der Waals surface area contributed by atoms with Gasteiger partial charge in [-0.05, 0) is 35.0 Å². The molecule has 0 saturated carbocycles. The molecular weight excluding hydrogens is 443 g/mol. The van der Waals surface area contributed by atoms with E-state index in [-0.39, 0.29) is 37.7 Å². The van der Waals surface area contributed by atoms with Crippen molar-refractivity contribution in [3.8, 4) is 5.75 Å². The number of carbonyl (C=O) groups excluding carboxylic acids is 2. The molecule has 0 radical (unpaired) electrons. The van der Waals surface area contributed by atoms with Crippen molar-refractivity contribution < 1.29 is 19.4 Å². The van der Waals surface area contributed by atoms with E-state index in [9.17, 15) is 14.7 Å². The number of nitrogens with two attached hydrogens (primary N) is 1. The first-order valence-electron chi connectivity index (χ1n) is 6.22. The van der Waals surface area contributed by atoms with Crippen LogP contribution in [0.5, 0.6) is 5.75 Å². The summed E-state index contributed by atoms with van der Waals surface area (Å²) in [5, 5.41) is 12.7. The molecule has 0 heterocycles. The second-order valence-corrected chi connectivity index (χ2v) is 5.93. The Labute approximate surface area is 151 Å². The van der Waals surface area contributed by atoms with E-state index in [0.717, 1.165) is 0 Å². The monoisotopic (exact) mass is 458 g/mol. The van der Waals surface area contributed by atoms with Crippen molar-refractivity contribution in [2.75, 3.05) is 13.2 Å². The number of amides is 1. The molecule has 1 aromatic carbocycles. The molecule has 0 aliphatic heterocycles. The third-order valence-electron chi connectivity index (χ3n) is 2.63. The highest BCUT2D eigenvalue weighted by Gasteiger charge is 2.23. The Morgan fingerprint density at radius 2 is 2.05 bits per heavy atom. The summed E-state index contributed by atoms with van der Waals surface area (Å²) >= 11 is 6.51. The maximum Gasteiger partial charge on any atom is 0.308 e. The van der Waals surface area contributed by atoms with E-state index in [1.807, 2.05) is 0 Å². The SMILES string of the molecule is CCOC(=O)C[C@@H](NC(=O)CN)c1cc(Br)cc(Br)c1O.Cl. The third kappa shape index (κ3) is 6.12. The highest BCUT2D eigenvalue weighted by Crippen LogP contribution is 2.36. The smallest absolute Gasteiger partial charge is 0.308 e. The van der Waals surface area contributed by atoms with E-state index < -0.39 is 17.9 Å². The van der Waals surface area contributed by atoms with Gasteiger partial charge in [0.1, 0.15) is 5.75 Å². The second kappa shape index (κ2) is 10.0. The molecule has 0 spiro atoms. The molecular formula is C13H17Br2ClN2O4. The second-order valence-electron chi connectivity index (χ2n) is 4.16. The minimum atomic E-state index is -0.728. The number of esters is 1. The Morgan fingerprint density at radius 3 is 2.59 bits per heavy atom. The van der Waals surface area contributed by atoms with Crippen LogP contribution in [0.2, 0.25) is 0 Å². The summed E-state index contributed by atoms with van der Waals surface area (Å²) in [4.78, 5) is 23.2. The Bertz CT molecular complexity index is 543. The van der Waals surface area contributed by atoms with Crippen LogP contribution in [0, 0.1) is 0 Å². The number of hydrogen-bond acceptors (Lipinski definition) is 5. The number of phenolic OH excluding ortho intramolecular Hbond substituents is 1. The van der Waals surface area contributed by atoms with Gasteiger partial charge in [-0.1, -0.05) is 15.9 Å². The van der Waals surface area contributed by atoms with Gasteiger partial charge in [0, 0.05) is 10.0 Å². The number of aromatic hydroxyl groups is 1. The lowest BCUT2D eigenvalue weighted by Crippen LogP contribution is -2.35. The molecule has 1 amide bonds. The van der Waals surface area contributed by atoms with Gasteiger partial charge in [-0.3, -0.25) is 9.59 Å². The molecule has 1 atom stereocenters. The Kier molecular flexibility index (Phi) is 9.66. The normalized spacial score (nSPS) is 11.3. The van der Waals surface area contributed by atoms with Crippen molar-refractivity contribution in [3.05, 3.63) is 26.6 Å². The van der Waals surface area contributed by atoms with Crippen LogP contribution in [0.3, 0.4) is 0 Å². The van der Waals surface area contributed by atoms with Crippen molar-refractivity contribution in [2.24, 2.45) is 5.73 Å². The zero-order valence-corrected chi connectivity index (χ0v) is 15.8. The molecule has 4 N–H and O–H groups in total. The molecule has 6 nitrogen and oxygen atoms in total. The maximum atomic E-state index is 11.7. The fraction of sp³-hybridized carbons (Fsp3) is 0.385. The summed E-state index contributed by atoms with van der Waals surface area (Å²) < 4.78 is 6.02. The predicted octanol–water partition coefficient (Wildman–Crippen LogP) is 2.41. The van der Waals surface area contributed by atoms with Gasteiger partial charge in [-0.15, -0.1) is 12.4 Å². The van der Waals surface area contributed by atoms with E-state index in [1.54, 1.807) is 19.1 Å². The number of phenols is 1. The fourth-order valence-electron chi connectivity index (χ4n) is 1.73. The summed E-state index contributed by atoms with van der Waals surface area (Å²) in [5.41, 5.74) is 5.67. The molecule has 1 aromatic rings. The average molecular weight is 461 g/mol. The van der Waals surface area contributed by atoms with Crippen molar-refractivity contribution in [3.63, 3.8) is 0 Å². The van der Waals surface area contributed by atoms with E-state index >= 15 is 0 Å². The van der Waals surface area contributed by atoms with E-state index in [1.165, 1.54) is 0 Å². The quantitative estimate of drug-likeness (QED) is 0.566. The maximum absolute atomic E-state index is 11.7. The number of ether oxygens (including phenoxy) is 1. The van der Waals surface area contributed by atoms with Crippen LogP contribution in [0.15, 0.2) is 21.1 Å². The number of nitrogens with one attached hydrogen (secondary N) is 1. The molecule has 0 aliphatic carbocycles. The molecule has 0 aromatic heterocycles. The first-order valence-corrected chi connectivity index (χ1v) is 7.80. The van der Waals surface area contributed by atoms with E-state index in [2.05, 4.69) is 37.2 Å². The highest BCUT2D eigenvalue weighted by atomic mass is 79.9. The first-order chi connectivity index (χ1) is 9.88. The van der Waals surface area contributed by atoms with Crippen LogP contribution in [0.1, 0.15) is 24.9 Å². The summed E-state index contributed by atoms with van der Waals surface area (Å²) in [6.07, 6.45) is -0.101. The van der Waals surface area contributed by atoms with Gasteiger partial charge >= 0.3 is 5.97 Å². The van der Waals surface area contributed by atoms with Crippen molar-refractivity contribution >= 4 is 56.1 Å². The molecule has 0 saturated heterocycles. The minimum absolute atomic E-state index is 0. The predicted molar refractivity (Wildman–Crippen MR) is 91.9 cm³/mol. The fourth-order valence-corrected chi connectivity index (χ4v) is 2.99. The molecule has 0 unspecified atom stereocenters. The van der Waals surface area contributed by atoms with Crippen LogP contribution in [-0.4, -0.2) is 30.1 Å². The summed E-state index contributed by atoms with van der Waals surface area (Å²) in [7, 11) is 0. The number of rotatable bonds is 6. The lowest BCUT2D eigenvalue weighted by molar-refractivity contribution is -0.143. The molecule has 124 valence electrons. The molecule has 0 aliphatic rings. The van der Waals surface area contributed by atoms with E-state index in [0.29, 0.717) is 14.5 Å². The van der Waals surface area contributed by atoms with Crippen LogP contribution in [-0.2, 0) is 14.3 Å². The van der Waals surface area contributed by atoms with Crippen molar-refractivity contribution in [2.45, 2.75) is 19.4 Å². The Hall–Kier alpha value is -0.830. The summed E-state index contributed by atoms with van der Waals surface area (Å²) in [5.74, 6) is -0.958. The number of hydrogen-bond donors (Lipinski definition) is 3. The molecule has 0 bridgehead atoms. The van der Waals surface area contributed by atoms with Gasteiger partial charge in [-0.2, -0.15) is 0 Å². The van der Waals surface area contributed by atoms with Gasteiger partial charge in [0.2, 0.25) is 5.91 Å². The molecule has 22 heavy (non-hydrogen) atoms. The first kappa shape index (κ1) is 21.2. The van der Waals surface area contributed by atoms with Gasteiger partial charge in [0.25, 0.3) is 0 Å². The zero-order valence-electron chi connectivity index (χ0n) is 11.8. The van der Waals surface area contributed by atoms with Crippen LogP contribution >= 0.6 is 44.3 Å². The average Bonchev–Trinajstić information content (AvgIpc) is 2.42. The lowest BCUT2D eigenvalue weighted by Gasteiger charge is -2.20. The van der Waals surface area contributed by atoms with Gasteiger partial charge < -0.3 is 20.9 Å². The Morgan fingerprint density at radius 1 is 1.41 bits per heavy atom. The highest BCUT2D eigenvalue weighted by molar-refractivity contribution is 9.11. The van der Waals surface area contributed by atoms with Crippen molar-refractivity contribution in [1.29, 1.82) is 0 Å². The topological polar surface area (TPSA) is 102 Å². The summed E-state index contributed by atoms with van der Waals surface area (Å²) in [6.45, 7) is 1.72. The zero-order chi connectivity index (χ0) is 16.0. The number of halogens is 3. The van der Waals surface area contributed by atoms with Gasteiger partial charge in [0.05, 0.1) is 30.1 Å². The number of carbonyl (C=O) groups is 2. The molecule has 1 rings (SSSR count). The minimum Gasteiger partial charge on any atom is -0.506 e. The molecule has 0 fully saturated rings. The molecule has 9 heteroatoms. The summed E-state index contributed by atoms with van der Waals surface area (Å²) in [6, 6.07) is 2.56. The lowest BCUT2D eigenvalue weighted by atomic mass is 10.0. The van der Waals surface area contributed by atoms with Crippen LogP contribution < -0.4 is 11.1 Å². The largest absolute Gasteiger partial charge is 0.506 e. The standard InChI is InChI=1S/C13H16Br2N2O4.ClH/c1-2-21-12(19)5-10(17-11(18)6-16)8-3-7(14)4-9(15)13(8)20;/h3-4,10,20H,2,5-6,16H2,1H3,(H,17,18);1H/t10-;/m1./s1. The third-order valence-corrected chi connectivity index (χ3v) is 3.69. The van der Waals surface area contributed by atoms with Gasteiger partial charge in [0.15, 0.2) is 0 Å². The number of benzene rings is 1.